The van der Waals surface area contributed by atoms with Crippen LogP contribution in [-0.4, -0.2) is 13.1 Å². The highest BCUT2D eigenvalue weighted by Crippen LogP contribution is 1.79. The topological polar surface area (TPSA) is 12.0 Å². The summed E-state index contributed by atoms with van der Waals surface area (Å²) in [5.74, 6) is 0. The van der Waals surface area contributed by atoms with Crippen LogP contribution in [0.15, 0.2) is 24.3 Å². The zero-order valence-electron chi connectivity index (χ0n) is 5.17. The Bertz CT molecular complexity index is 104. The van der Waals surface area contributed by atoms with Crippen molar-refractivity contribution in [2.75, 3.05) is 13.1 Å². The van der Waals surface area contributed by atoms with Gasteiger partial charge >= 0.3 is 0 Å². The largest absolute Gasteiger partial charge is 0.310 e. The van der Waals surface area contributed by atoms with E-state index in [1.165, 1.54) is 5.31 Å². The third-order valence-corrected chi connectivity index (χ3v) is 0.852. The lowest BCUT2D eigenvalue weighted by Crippen LogP contribution is -2.11. The van der Waals surface area contributed by atoms with Crippen LogP contribution in [0.2, 0.25) is 1.41 Å². The molecule has 0 unspecified atom stereocenters. The van der Waals surface area contributed by atoms with Crippen molar-refractivity contribution in [3.05, 3.63) is 24.3 Å². The quantitative estimate of drug-likeness (QED) is 0.468. The summed E-state index contributed by atoms with van der Waals surface area (Å²) in [4.78, 5) is 0. The van der Waals surface area contributed by atoms with Crippen molar-refractivity contribution < 1.29 is 1.41 Å². The molecule has 1 N–H and O–H groups in total. The van der Waals surface area contributed by atoms with Gasteiger partial charge in [0.05, 0.1) is 0 Å². The summed E-state index contributed by atoms with van der Waals surface area (Å²) in [5, 5.41) is 1.50. The van der Waals surface area contributed by atoms with E-state index < -0.39 is 0 Å². The van der Waals surface area contributed by atoms with Crippen molar-refractivity contribution >= 4 is 0 Å². The molecular formula is C6H9N. The molecule has 0 aromatic carbocycles. The standard InChI is InChI=1S/C6H9N/c1-2-4-6-7-5-3-1/h1-4,7H,5-6H2/i/hD. The maximum absolute atomic E-state index is 7.14. The van der Waals surface area contributed by atoms with Gasteiger partial charge in [-0.2, -0.15) is 0 Å². The van der Waals surface area contributed by atoms with Gasteiger partial charge in [-0.1, -0.05) is 24.3 Å². The monoisotopic (exact) mass is 96.1 g/mol. The number of hydrogen-bond donors (Lipinski definition) is 1. The Morgan fingerprint density at radius 2 is 1.86 bits per heavy atom. The fourth-order valence-corrected chi connectivity index (χ4v) is 0.502. The number of hydrogen-bond acceptors (Lipinski definition) is 1. The van der Waals surface area contributed by atoms with Crippen molar-refractivity contribution in [1.82, 2.24) is 5.31 Å². The predicted molar refractivity (Wildman–Crippen MR) is 31.1 cm³/mol. The van der Waals surface area contributed by atoms with Gasteiger partial charge in [0.2, 0.25) is 0 Å². The van der Waals surface area contributed by atoms with Gasteiger partial charge < -0.3 is 5.31 Å². The van der Waals surface area contributed by atoms with Gasteiger partial charge in [-0.3, -0.25) is 0 Å². The first-order chi connectivity index (χ1) is 3.89. The van der Waals surface area contributed by atoms with Crippen LogP contribution < -0.4 is 5.31 Å². The van der Waals surface area contributed by atoms with Gasteiger partial charge in [0.1, 0.15) is 1.41 Å². The zero-order chi connectivity index (χ0) is 5.82. The highest BCUT2D eigenvalue weighted by molar-refractivity contribution is 5.06. The van der Waals surface area contributed by atoms with E-state index in [1.54, 1.807) is 0 Å². The molecule has 0 aliphatic carbocycles. The Hall–Kier alpha value is -0.560. The summed E-state index contributed by atoms with van der Waals surface area (Å²) in [5.41, 5.74) is 0. The highest BCUT2D eigenvalue weighted by Gasteiger charge is 1.78. The number of allylic oxidation sites excluding steroid dienone is 2. The summed E-state index contributed by atoms with van der Waals surface area (Å²) in [6.45, 7) is 1.49. The Balaban J connectivity index is 2.45. The first kappa shape index (κ1) is 3.44. The van der Waals surface area contributed by atoms with E-state index in [2.05, 4.69) is 0 Å². The van der Waals surface area contributed by atoms with E-state index in [9.17, 15) is 0 Å². The Morgan fingerprint density at radius 1 is 1.29 bits per heavy atom. The minimum atomic E-state index is 0.743. The SMILES string of the molecule is [2H]N1CC=CC=CC1. The van der Waals surface area contributed by atoms with Gasteiger partial charge in [-0.25, -0.2) is 0 Å². The minimum Gasteiger partial charge on any atom is -0.310 e. The minimum absolute atomic E-state index is 0.743. The second-order valence-corrected chi connectivity index (χ2v) is 1.45. The van der Waals surface area contributed by atoms with Crippen molar-refractivity contribution in [1.29, 1.82) is 0 Å². The second kappa shape index (κ2) is 2.59. The molecule has 1 heteroatoms. The molecule has 1 nitrogen and oxygen atoms in total. The molecule has 38 valence electrons. The summed E-state index contributed by atoms with van der Waals surface area (Å²) in [6, 6.07) is 0. The normalized spacial score (nSPS) is 24.3. The van der Waals surface area contributed by atoms with Crippen LogP contribution in [-0.2, 0) is 0 Å². The van der Waals surface area contributed by atoms with E-state index in [1.807, 2.05) is 24.3 Å². The molecule has 0 amide bonds. The average molecular weight is 96.2 g/mol. The van der Waals surface area contributed by atoms with E-state index in [-0.39, 0.29) is 0 Å². The van der Waals surface area contributed by atoms with Crippen LogP contribution in [0.25, 0.3) is 0 Å². The summed E-state index contributed by atoms with van der Waals surface area (Å²) in [7, 11) is 0. The van der Waals surface area contributed by atoms with Crippen molar-refractivity contribution in [2.24, 2.45) is 0 Å². The molecule has 0 aromatic heterocycles. The van der Waals surface area contributed by atoms with Crippen LogP contribution in [0.3, 0.4) is 0 Å². The van der Waals surface area contributed by atoms with Gasteiger partial charge in [0, 0.05) is 13.1 Å². The molecule has 7 heavy (non-hydrogen) atoms. The van der Waals surface area contributed by atoms with E-state index in [0.29, 0.717) is 0 Å². The maximum atomic E-state index is 7.14. The zero-order valence-corrected chi connectivity index (χ0v) is 4.17. The summed E-state index contributed by atoms with van der Waals surface area (Å²) >= 11 is 0. The molecule has 1 rings (SSSR count). The maximum Gasteiger partial charge on any atom is 0.123 e. The second-order valence-electron chi connectivity index (χ2n) is 1.45. The summed E-state index contributed by atoms with van der Waals surface area (Å²) in [6.07, 6.45) is 7.87. The fourth-order valence-electron chi connectivity index (χ4n) is 0.502. The van der Waals surface area contributed by atoms with Crippen LogP contribution in [0.4, 0.5) is 0 Å². The molecular weight excluding hydrogens is 86.1 g/mol. The molecule has 1 aliphatic heterocycles. The van der Waals surface area contributed by atoms with Gasteiger partial charge in [-0.05, 0) is 0 Å². The summed E-state index contributed by atoms with van der Waals surface area (Å²) < 4.78 is 7.14. The van der Waals surface area contributed by atoms with Crippen molar-refractivity contribution in [2.45, 2.75) is 0 Å². The van der Waals surface area contributed by atoms with Crippen LogP contribution >= 0.6 is 0 Å². The first-order valence-electron chi connectivity index (χ1n) is 2.90. The lowest BCUT2D eigenvalue weighted by atomic mass is 10.5. The van der Waals surface area contributed by atoms with Crippen LogP contribution in [0.1, 0.15) is 0 Å². The van der Waals surface area contributed by atoms with E-state index >= 15 is 0 Å². The molecule has 0 saturated carbocycles. The Labute approximate surface area is 45.2 Å². The Kier molecular flexibility index (Phi) is 1.27. The smallest absolute Gasteiger partial charge is 0.123 e. The predicted octanol–water partition coefficient (Wildman–Crippen LogP) is 0.702. The lowest BCUT2D eigenvalue weighted by molar-refractivity contribution is 0.849. The first-order valence-corrected chi connectivity index (χ1v) is 2.45. The molecule has 0 radical (unpaired) electrons. The molecule has 0 saturated heterocycles. The third kappa shape index (κ3) is 1.55. The number of nitrogens with one attached hydrogen (secondary N) is 1. The van der Waals surface area contributed by atoms with Crippen molar-refractivity contribution in [3.8, 4) is 0 Å². The molecule has 1 heterocycles. The van der Waals surface area contributed by atoms with Crippen LogP contribution in [0.5, 0.6) is 0 Å². The molecule has 0 spiro atoms. The van der Waals surface area contributed by atoms with E-state index in [0.717, 1.165) is 13.1 Å². The van der Waals surface area contributed by atoms with E-state index in [4.69, 9.17) is 1.41 Å². The average Bonchev–Trinajstić information content (AvgIpc) is 1.94. The number of rotatable bonds is 0. The molecule has 0 fully saturated rings. The highest BCUT2D eigenvalue weighted by atomic mass is 14.8. The Morgan fingerprint density at radius 3 is 2.43 bits per heavy atom. The van der Waals surface area contributed by atoms with Crippen molar-refractivity contribution in [3.63, 3.8) is 0 Å². The molecule has 0 aromatic rings. The van der Waals surface area contributed by atoms with Gasteiger partial charge in [0.25, 0.3) is 0 Å². The van der Waals surface area contributed by atoms with Gasteiger partial charge in [0.15, 0.2) is 0 Å². The van der Waals surface area contributed by atoms with Gasteiger partial charge in [-0.15, -0.1) is 0 Å². The molecule has 0 bridgehead atoms. The van der Waals surface area contributed by atoms with Crippen LogP contribution in [0, 0.1) is 0 Å². The molecule has 0 atom stereocenters. The fraction of sp³-hybridized carbons (Fsp3) is 0.333. The molecule has 1 aliphatic rings. The lowest BCUT2D eigenvalue weighted by Gasteiger charge is -1.88. The third-order valence-electron chi connectivity index (χ3n) is 0.852.